The van der Waals surface area contributed by atoms with Gasteiger partial charge >= 0.3 is 0 Å². The van der Waals surface area contributed by atoms with Gasteiger partial charge in [-0.25, -0.2) is 0 Å². The molecule has 0 radical (unpaired) electrons. The molecule has 112 valence electrons. The maximum atomic E-state index is 5.73. The quantitative estimate of drug-likeness (QED) is 0.738. The average molecular weight is 275 g/mol. The largest absolute Gasteiger partial charge is 0.491 e. The van der Waals surface area contributed by atoms with Gasteiger partial charge in [-0.05, 0) is 50.4 Å². The lowest BCUT2D eigenvalue weighted by atomic mass is 9.87. The third kappa shape index (κ3) is 5.54. The van der Waals surface area contributed by atoms with E-state index in [-0.39, 0.29) is 6.10 Å². The van der Waals surface area contributed by atoms with Crippen LogP contribution in [-0.4, -0.2) is 12.6 Å². The molecule has 1 aliphatic carbocycles. The molecule has 1 saturated carbocycles. The maximum Gasteiger partial charge on any atom is 0.120 e. The second-order valence-corrected chi connectivity index (χ2v) is 6.28. The first kappa shape index (κ1) is 15.4. The van der Waals surface area contributed by atoms with Gasteiger partial charge in [0.25, 0.3) is 0 Å². The topological polar surface area (TPSA) is 21.3 Å². The first-order chi connectivity index (χ1) is 9.74. The summed E-state index contributed by atoms with van der Waals surface area (Å²) in [5.74, 6) is 1.94. The molecule has 1 fully saturated rings. The molecule has 1 aromatic carbocycles. The van der Waals surface area contributed by atoms with Crippen molar-refractivity contribution in [2.45, 2.75) is 65.0 Å². The fraction of sp³-hybridized carbons (Fsp3) is 0.667. The van der Waals surface area contributed by atoms with Crippen molar-refractivity contribution in [3.63, 3.8) is 0 Å². The molecule has 0 atom stereocenters. The normalized spacial score (nSPS) is 16.6. The average Bonchev–Trinajstić information content (AvgIpc) is 2.44. The van der Waals surface area contributed by atoms with E-state index in [0.29, 0.717) is 0 Å². The second kappa shape index (κ2) is 8.31. The Bertz CT molecular complexity index is 383. The van der Waals surface area contributed by atoms with Crippen molar-refractivity contribution in [3.8, 4) is 5.75 Å². The maximum absolute atomic E-state index is 5.73. The summed E-state index contributed by atoms with van der Waals surface area (Å²) < 4.78 is 5.73. The molecule has 0 aliphatic heterocycles. The Morgan fingerprint density at radius 3 is 2.75 bits per heavy atom. The Morgan fingerprint density at radius 2 is 2.00 bits per heavy atom. The number of hydrogen-bond donors (Lipinski definition) is 1. The summed E-state index contributed by atoms with van der Waals surface area (Å²) in [4.78, 5) is 0. The first-order valence-corrected chi connectivity index (χ1v) is 8.20. The van der Waals surface area contributed by atoms with E-state index in [1.165, 1.54) is 44.1 Å². The molecule has 0 aromatic heterocycles. The third-order valence-corrected chi connectivity index (χ3v) is 4.05. The first-order valence-electron chi connectivity index (χ1n) is 8.20. The summed E-state index contributed by atoms with van der Waals surface area (Å²) in [7, 11) is 0. The summed E-state index contributed by atoms with van der Waals surface area (Å²) in [5, 5.41) is 3.57. The molecule has 2 rings (SSSR count). The lowest BCUT2D eigenvalue weighted by Crippen LogP contribution is -2.19. The second-order valence-electron chi connectivity index (χ2n) is 6.28. The number of ether oxygens (including phenoxy) is 1. The van der Waals surface area contributed by atoms with Crippen molar-refractivity contribution in [1.82, 2.24) is 5.32 Å². The van der Waals surface area contributed by atoms with Crippen molar-refractivity contribution in [1.29, 1.82) is 0 Å². The Balaban J connectivity index is 1.68. The molecule has 0 spiro atoms. The lowest BCUT2D eigenvalue weighted by molar-refractivity contribution is 0.242. The van der Waals surface area contributed by atoms with E-state index < -0.39 is 0 Å². The van der Waals surface area contributed by atoms with E-state index in [4.69, 9.17) is 4.74 Å². The Kier molecular flexibility index (Phi) is 6.38. The molecule has 1 aromatic rings. The standard InChI is InChI=1S/C18H29NO/c1-15(2)20-18-10-6-9-17(13-18)14-19-12-11-16-7-4-3-5-8-16/h6,9-10,13,15-16,19H,3-5,7-8,11-12,14H2,1-2H3. The molecule has 1 aliphatic rings. The van der Waals surface area contributed by atoms with Crippen molar-refractivity contribution >= 4 is 0 Å². The Labute approximate surface area is 123 Å². The van der Waals surface area contributed by atoms with Crippen LogP contribution in [0.2, 0.25) is 0 Å². The van der Waals surface area contributed by atoms with Gasteiger partial charge in [0.05, 0.1) is 6.10 Å². The fourth-order valence-corrected chi connectivity index (χ4v) is 3.02. The minimum absolute atomic E-state index is 0.240. The third-order valence-electron chi connectivity index (χ3n) is 4.05. The summed E-state index contributed by atoms with van der Waals surface area (Å²) in [6, 6.07) is 8.43. The number of hydrogen-bond acceptors (Lipinski definition) is 2. The summed E-state index contributed by atoms with van der Waals surface area (Å²) in [6.07, 6.45) is 8.80. The van der Waals surface area contributed by atoms with Crippen LogP contribution in [0.5, 0.6) is 5.75 Å². The Hall–Kier alpha value is -1.02. The highest BCUT2D eigenvalue weighted by molar-refractivity contribution is 5.28. The van der Waals surface area contributed by atoms with E-state index in [1.54, 1.807) is 0 Å². The van der Waals surface area contributed by atoms with Gasteiger partial charge in [0.1, 0.15) is 5.75 Å². The van der Waals surface area contributed by atoms with Crippen molar-refractivity contribution < 1.29 is 4.74 Å². The van der Waals surface area contributed by atoms with Gasteiger partial charge in [-0.2, -0.15) is 0 Å². The zero-order chi connectivity index (χ0) is 14.2. The molecule has 0 amide bonds. The van der Waals surface area contributed by atoms with Crippen LogP contribution in [-0.2, 0) is 6.54 Å². The Morgan fingerprint density at radius 1 is 1.20 bits per heavy atom. The summed E-state index contributed by atoms with van der Waals surface area (Å²) >= 11 is 0. The van der Waals surface area contributed by atoms with Gasteiger partial charge in [-0.15, -0.1) is 0 Å². The van der Waals surface area contributed by atoms with Gasteiger partial charge in [-0.1, -0.05) is 44.2 Å². The predicted molar refractivity (Wildman–Crippen MR) is 85.1 cm³/mol. The molecule has 20 heavy (non-hydrogen) atoms. The lowest BCUT2D eigenvalue weighted by Gasteiger charge is -2.21. The SMILES string of the molecule is CC(C)Oc1cccc(CNCCC2CCCCC2)c1. The highest BCUT2D eigenvalue weighted by Crippen LogP contribution is 2.25. The van der Waals surface area contributed by atoms with Crippen LogP contribution in [0.4, 0.5) is 0 Å². The van der Waals surface area contributed by atoms with E-state index in [1.807, 2.05) is 6.07 Å². The van der Waals surface area contributed by atoms with Gasteiger partial charge in [-0.3, -0.25) is 0 Å². The fourth-order valence-electron chi connectivity index (χ4n) is 3.02. The molecule has 1 N–H and O–H groups in total. The zero-order valence-electron chi connectivity index (χ0n) is 13.0. The van der Waals surface area contributed by atoms with Gasteiger partial charge in [0.2, 0.25) is 0 Å². The highest BCUT2D eigenvalue weighted by Gasteiger charge is 2.12. The van der Waals surface area contributed by atoms with Crippen LogP contribution in [0.3, 0.4) is 0 Å². The van der Waals surface area contributed by atoms with Crippen molar-refractivity contribution in [3.05, 3.63) is 29.8 Å². The van der Waals surface area contributed by atoms with Crippen LogP contribution in [0.25, 0.3) is 0 Å². The summed E-state index contributed by atoms with van der Waals surface area (Å²) in [6.45, 7) is 6.21. The summed E-state index contributed by atoms with van der Waals surface area (Å²) in [5.41, 5.74) is 1.31. The molecule has 0 saturated heterocycles. The van der Waals surface area contributed by atoms with Gasteiger partial charge in [0, 0.05) is 6.54 Å². The van der Waals surface area contributed by atoms with Gasteiger partial charge in [0.15, 0.2) is 0 Å². The van der Waals surface area contributed by atoms with Crippen LogP contribution in [0, 0.1) is 5.92 Å². The molecule has 0 heterocycles. The van der Waals surface area contributed by atoms with Crippen LogP contribution < -0.4 is 10.1 Å². The van der Waals surface area contributed by atoms with Crippen LogP contribution >= 0.6 is 0 Å². The molecular weight excluding hydrogens is 246 g/mol. The van der Waals surface area contributed by atoms with E-state index >= 15 is 0 Å². The van der Waals surface area contributed by atoms with E-state index in [2.05, 4.69) is 37.4 Å². The van der Waals surface area contributed by atoms with E-state index in [0.717, 1.165) is 24.8 Å². The molecular formula is C18H29NO. The van der Waals surface area contributed by atoms with Crippen LogP contribution in [0.1, 0.15) is 57.9 Å². The number of benzene rings is 1. The minimum atomic E-state index is 0.240. The van der Waals surface area contributed by atoms with Crippen LogP contribution in [0.15, 0.2) is 24.3 Å². The van der Waals surface area contributed by atoms with Gasteiger partial charge < -0.3 is 10.1 Å². The predicted octanol–water partition coefficient (Wildman–Crippen LogP) is 4.53. The smallest absolute Gasteiger partial charge is 0.120 e. The molecule has 2 heteroatoms. The van der Waals surface area contributed by atoms with E-state index in [9.17, 15) is 0 Å². The molecule has 2 nitrogen and oxygen atoms in total. The zero-order valence-corrected chi connectivity index (χ0v) is 13.0. The monoisotopic (exact) mass is 275 g/mol. The van der Waals surface area contributed by atoms with Crippen molar-refractivity contribution in [2.24, 2.45) is 5.92 Å². The molecule has 0 unspecified atom stereocenters. The highest BCUT2D eigenvalue weighted by atomic mass is 16.5. The minimum Gasteiger partial charge on any atom is -0.491 e. The number of nitrogens with one attached hydrogen (secondary N) is 1. The molecule has 0 bridgehead atoms. The van der Waals surface area contributed by atoms with Crippen molar-refractivity contribution in [2.75, 3.05) is 6.54 Å². The number of rotatable bonds is 7.